The molecule has 0 saturated carbocycles. The highest BCUT2D eigenvalue weighted by Gasteiger charge is 2.16. The molecule has 1 N–H and O–H groups in total. The van der Waals surface area contributed by atoms with Gasteiger partial charge in [0.1, 0.15) is 5.52 Å². The number of anilines is 1. The summed E-state index contributed by atoms with van der Waals surface area (Å²) >= 11 is 6.34. The number of benzene rings is 2. The zero-order valence-electron chi connectivity index (χ0n) is 14.6. The number of amides is 1. The van der Waals surface area contributed by atoms with Crippen LogP contribution in [0.4, 0.5) is 5.69 Å². The minimum atomic E-state index is -0.290. The summed E-state index contributed by atoms with van der Waals surface area (Å²) in [5.41, 5.74) is 3.16. The molecule has 8 heteroatoms. The minimum Gasteiger partial charge on any atom is -0.326 e. The molecule has 0 saturated heterocycles. The predicted molar refractivity (Wildman–Crippen MR) is 104 cm³/mol. The number of nitrogens with zero attached hydrogens (tertiary/aromatic N) is 5. The van der Waals surface area contributed by atoms with Gasteiger partial charge in [0, 0.05) is 18.1 Å². The Morgan fingerprint density at radius 1 is 1.26 bits per heavy atom. The van der Waals surface area contributed by atoms with Crippen LogP contribution in [0.1, 0.15) is 6.92 Å². The van der Waals surface area contributed by atoms with Gasteiger partial charge in [0.05, 0.1) is 35.0 Å². The quantitative estimate of drug-likeness (QED) is 0.574. The van der Waals surface area contributed by atoms with Gasteiger partial charge in [-0.2, -0.15) is 0 Å². The molecular formula is C19H17ClN6O. The summed E-state index contributed by atoms with van der Waals surface area (Å²) in [5, 5.41) is 11.7. The van der Waals surface area contributed by atoms with Crippen molar-refractivity contribution in [3.63, 3.8) is 0 Å². The number of hydrogen-bond donors (Lipinski definition) is 1. The molecule has 0 aliphatic carbocycles. The van der Waals surface area contributed by atoms with Crippen LogP contribution in [-0.2, 0) is 11.3 Å². The molecule has 2 aromatic heterocycles. The SMILES string of the molecule is CC(Cn1nnc2ccccc21)C(=O)Nc1ccc(-n2ccnc2)c(Cl)c1. The number of halogens is 1. The molecule has 7 nitrogen and oxygen atoms in total. The Hall–Kier alpha value is -3.19. The number of carbonyl (C=O) groups is 1. The number of para-hydroxylation sites is 1. The van der Waals surface area contributed by atoms with Crippen LogP contribution in [0.2, 0.25) is 5.02 Å². The summed E-state index contributed by atoms with van der Waals surface area (Å²) in [6, 6.07) is 13.1. The van der Waals surface area contributed by atoms with Crippen molar-refractivity contribution >= 4 is 34.2 Å². The van der Waals surface area contributed by atoms with Crippen molar-refractivity contribution in [3.05, 3.63) is 66.2 Å². The largest absolute Gasteiger partial charge is 0.326 e. The first-order valence-corrected chi connectivity index (χ1v) is 8.86. The standard InChI is InChI=1S/C19H17ClN6O/c1-13(11-26-18-5-3-2-4-16(18)23-24-26)19(27)22-14-6-7-17(15(20)10-14)25-9-8-21-12-25/h2-10,12-13H,11H2,1H3,(H,22,27). The van der Waals surface area contributed by atoms with Crippen molar-refractivity contribution in [1.29, 1.82) is 0 Å². The first-order chi connectivity index (χ1) is 13.1. The minimum absolute atomic E-state index is 0.110. The van der Waals surface area contributed by atoms with E-state index in [1.54, 1.807) is 23.3 Å². The molecule has 27 heavy (non-hydrogen) atoms. The van der Waals surface area contributed by atoms with Gasteiger partial charge in [-0.25, -0.2) is 9.67 Å². The highest BCUT2D eigenvalue weighted by molar-refractivity contribution is 6.32. The van der Waals surface area contributed by atoms with Crippen LogP contribution in [0.15, 0.2) is 61.2 Å². The monoisotopic (exact) mass is 380 g/mol. The first kappa shape index (κ1) is 17.2. The molecule has 1 atom stereocenters. The summed E-state index contributed by atoms with van der Waals surface area (Å²) < 4.78 is 3.56. The van der Waals surface area contributed by atoms with Crippen LogP contribution < -0.4 is 5.32 Å². The van der Waals surface area contributed by atoms with E-state index in [4.69, 9.17) is 11.6 Å². The van der Waals surface area contributed by atoms with Gasteiger partial charge in [-0.3, -0.25) is 4.79 Å². The summed E-state index contributed by atoms with van der Waals surface area (Å²) in [7, 11) is 0. The van der Waals surface area contributed by atoms with E-state index in [0.717, 1.165) is 16.7 Å². The van der Waals surface area contributed by atoms with E-state index < -0.39 is 0 Å². The van der Waals surface area contributed by atoms with Gasteiger partial charge in [0.25, 0.3) is 0 Å². The lowest BCUT2D eigenvalue weighted by molar-refractivity contribution is -0.119. The van der Waals surface area contributed by atoms with Gasteiger partial charge in [0.15, 0.2) is 0 Å². The summed E-state index contributed by atoms with van der Waals surface area (Å²) in [5.74, 6) is -0.400. The van der Waals surface area contributed by atoms with Gasteiger partial charge >= 0.3 is 0 Å². The Kier molecular flexibility index (Phi) is 4.60. The van der Waals surface area contributed by atoms with Crippen molar-refractivity contribution in [3.8, 4) is 5.69 Å². The van der Waals surface area contributed by atoms with E-state index in [0.29, 0.717) is 17.3 Å². The fraction of sp³-hybridized carbons (Fsp3) is 0.158. The number of rotatable bonds is 5. The van der Waals surface area contributed by atoms with Crippen molar-refractivity contribution in [2.45, 2.75) is 13.5 Å². The second-order valence-corrected chi connectivity index (χ2v) is 6.69. The Bertz CT molecular complexity index is 1090. The number of carbonyl (C=O) groups excluding carboxylic acids is 1. The molecule has 2 aromatic carbocycles. The first-order valence-electron chi connectivity index (χ1n) is 8.49. The summed E-state index contributed by atoms with van der Waals surface area (Å²) in [6.07, 6.45) is 5.16. The molecule has 1 unspecified atom stereocenters. The average Bonchev–Trinajstić information content (AvgIpc) is 3.32. The third-order valence-electron chi connectivity index (χ3n) is 4.31. The van der Waals surface area contributed by atoms with E-state index in [-0.39, 0.29) is 11.8 Å². The number of nitrogens with one attached hydrogen (secondary N) is 1. The number of aromatic nitrogens is 5. The third kappa shape index (κ3) is 3.54. The lowest BCUT2D eigenvalue weighted by Gasteiger charge is -2.14. The molecular weight excluding hydrogens is 364 g/mol. The molecule has 0 bridgehead atoms. The van der Waals surface area contributed by atoms with Gasteiger partial charge in [0.2, 0.25) is 5.91 Å². The Balaban J connectivity index is 1.46. The zero-order valence-corrected chi connectivity index (χ0v) is 15.3. The van der Waals surface area contributed by atoms with Crippen LogP contribution in [0.25, 0.3) is 16.7 Å². The average molecular weight is 381 g/mol. The maximum Gasteiger partial charge on any atom is 0.229 e. The van der Waals surface area contributed by atoms with E-state index in [2.05, 4.69) is 20.6 Å². The van der Waals surface area contributed by atoms with Gasteiger partial charge < -0.3 is 9.88 Å². The maximum absolute atomic E-state index is 12.6. The fourth-order valence-electron chi connectivity index (χ4n) is 2.86. The molecule has 0 fully saturated rings. The van der Waals surface area contributed by atoms with E-state index in [1.165, 1.54) is 0 Å². The second-order valence-electron chi connectivity index (χ2n) is 6.29. The van der Waals surface area contributed by atoms with Crippen molar-refractivity contribution < 1.29 is 4.79 Å². The highest BCUT2D eigenvalue weighted by Crippen LogP contribution is 2.24. The molecule has 0 aliphatic rings. The normalized spacial score (nSPS) is 12.2. The van der Waals surface area contributed by atoms with Crippen LogP contribution >= 0.6 is 11.6 Å². The van der Waals surface area contributed by atoms with Crippen molar-refractivity contribution in [2.24, 2.45) is 5.92 Å². The Morgan fingerprint density at radius 2 is 2.11 bits per heavy atom. The van der Waals surface area contributed by atoms with Gasteiger partial charge in [-0.15, -0.1) is 5.10 Å². The molecule has 0 radical (unpaired) electrons. The smallest absolute Gasteiger partial charge is 0.229 e. The molecule has 4 rings (SSSR count). The third-order valence-corrected chi connectivity index (χ3v) is 4.62. The van der Waals surface area contributed by atoms with Crippen LogP contribution in [0, 0.1) is 5.92 Å². The highest BCUT2D eigenvalue weighted by atomic mass is 35.5. The molecule has 2 heterocycles. The summed E-state index contributed by atoms with van der Waals surface area (Å²) in [4.78, 5) is 16.6. The van der Waals surface area contributed by atoms with E-state index in [9.17, 15) is 4.79 Å². The molecule has 1 amide bonds. The number of imidazole rings is 1. The van der Waals surface area contributed by atoms with Crippen molar-refractivity contribution in [1.82, 2.24) is 24.5 Å². The molecule has 0 aliphatic heterocycles. The molecule has 136 valence electrons. The molecule has 4 aromatic rings. The second kappa shape index (κ2) is 7.20. The van der Waals surface area contributed by atoms with Crippen LogP contribution in [0.3, 0.4) is 0 Å². The lowest BCUT2D eigenvalue weighted by Crippen LogP contribution is -2.24. The van der Waals surface area contributed by atoms with Crippen LogP contribution in [-0.4, -0.2) is 30.5 Å². The van der Waals surface area contributed by atoms with Gasteiger partial charge in [-0.05, 0) is 30.3 Å². The summed E-state index contributed by atoms with van der Waals surface area (Å²) in [6.45, 7) is 2.29. The van der Waals surface area contributed by atoms with E-state index >= 15 is 0 Å². The molecule has 0 spiro atoms. The lowest BCUT2D eigenvalue weighted by atomic mass is 10.1. The Labute approximate surface area is 160 Å². The van der Waals surface area contributed by atoms with Crippen molar-refractivity contribution in [2.75, 3.05) is 5.32 Å². The number of fused-ring (bicyclic) bond motifs is 1. The topological polar surface area (TPSA) is 77.6 Å². The maximum atomic E-state index is 12.6. The number of hydrogen-bond acceptors (Lipinski definition) is 4. The predicted octanol–water partition coefficient (Wildman–Crippen LogP) is 3.55. The Morgan fingerprint density at radius 3 is 2.89 bits per heavy atom. The zero-order chi connectivity index (χ0) is 18.8. The van der Waals surface area contributed by atoms with Crippen LogP contribution in [0.5, 0.6) is 0 Å². The van der Waals surface area contributed by atoms with E-state index in [1.807, 2.05) is 54.1 Å². The fourth-order valence-corrected chi connectivity index (χ4v) is 3.13. The van der Waals surface area contributed by atoms with Gasteiger partial charge in [-0.1, -0.05) is 35.9 Å².